The summed E-state index contributed by atoms with van der Waals surface area (Å²) in [5.74, 6) is -3.02. The fourth-order valence-corrected chi connectivity index (χ4v) is 6.47. The van der Waals surface area contributed by atoms with Gasteiger partial charge in [-0.1, -0.05) is 30.3 Å². The summed E-state index contributed by atoms with van der Waals surface area (Å²) in [6.45, 7) is 4.92. The number of nitrogens with zero attached hydrogens (tertiary/aromatic N) is 1. The van der Waals surface area contributed by atoms with Crippen LogP contribution in [0.4, 0.5) is 18.0 Å². The Labute approximate surface area is 243 Å². The number of likely N-dealkylation sites (tertiary alicyclic amines) is 1. The number of rotatable bonds is 10. The monoisotopic (exact) mass is 612 g/mol. The van der Waals surface area contributed by atoms with Gasteiger partial charge in [0.2, 0.25) is 15.0 Å². The molecule has 2 atom stereocenters. The van der Waals surface area contributed by atoms with Gasteiger partial charge in [0.1, 0.15) is 11.4 Å². The van der Waals surface area contributed by atoms with E-state index in [0.29, 0.717) is 6.42 Å². The van der Waals surface area contributed by atoms with E-state index >= 15 is 4.39 Å². The molecule has 1 amide bonds. The van der Waals surface area contributed by atoms with Crippen LogP contribution in [-0.4, -0.2) is 66.3 Å². The average molecular weight is 613 g/mol. The Morgan fingerprint density at radius 3 is 2.43 bits per heavy atom. The van der Waals surface area contributed by atoms with Crippen LogP contribution >= 0.6 is 0 Å². The number of alkyl halides is 1. The highest BCUT2D eigenvalue weighted by Crippen LogP contribution is 2.45. The van der Waals surface area contributed by atoms with E-state index < -0.39 is 62.8 Å². The Morgan fingerprint density at radius 1 is 1.12 bits per heavy atom. The molecule has 2 fully saturated rings. The lowest BCUT2D eigenvalue weighted by Crippen LogP contribution is -2.59. The molecule has 0 spiro atoms. The van der Waals surface area contributed by atoms with Gasteiger partial charge in [0.15, 0.2) is 11.6 Å². The van der Waals surface area contributed by atoms with Crippen molar-refractivity contribution >= 4 is 22.1 Å². The van der Waals surface area contributed by atoms with Crippen LogP contribution in [0.2, 0.25) is 0 Å². The minimum absolute atomic E-state index is 0.0326. The van der Waals surface area contributed by atoms with Crippen LogP contribution in [-0.2, 0) is 26.0 Å². The summed E-state index contributed by atoms with van der Waals surface area (Å²) in [4.78, 5) is 25.4. The molecule has 1 saturated carbocycles. The number of carboxylic acids is 1. The van der Waals surface area contributed by atoms with E-state index in [2.05, 4.69) is 4.72 Å². The second-order valence-corrected chi connectivity index (χ2v) is 13.6. The number of halogens is 3. The van der Waals surface area contributed by atoms with Crippen molar-refractivity contribution in [2.45, 2.75) is 82.0 Å². The largest absolute Gasteiger partial charge is 0.489 e. The molecule has 2 N–H and O–H groups in total. The number of aliphatic carboxylic acids is 1. The van der Waals surface area contributed by atoms with Crippen LogP contribution in [0, 0.1) is 11.6 Å². The smallest absolute Gasteiger partial charge is 0.410 e. The van der Waals surface area contributed by atoms with Crippen molar-refractivity contribution in [3.05, 3.63) is 53.6 Å². The Morgan fingerprint density at radius 2 is 1.79 bits per heavy atom. The molecule has 4 rings (SSSR count). The lowest BCUT2D eigenvalue weighted by atomic mass is 9.90. The molecule has 0 radical (unpaired) electrons. The topological polar surface area (TPSA) is 122 Å². The van der Waals surface area contributed by atoms with Crippen molar-refractivity contribution < 1.29 is 45.8 Å². The predicted octanol–water partition coefficient (Wildman–Crippen LogP) is 5.17. The van der Waals surface area contributed by atoms with E-state index in [-0.39, 0.29) is 61.3 Å². The highest BCUT2D eigenvalue weighted by molar-refractivity contribution is 7.91. The summed E-state index contributed by atoms with van der Waals surface area (Å²) >= 11 is 0. The molecule has 1 heterocycles. The van der Waals surface area contributed by atoms with Gasteiger partial charge in [0.05, 0.1) is 19.1 Å². The maximum absolute atomic E-state index is 16.1. The van der Waals surface area contributed by atoms with Crippen molar-refractivity contribution in [3.8, 4) is 16.9 Å². The predicted molar refractivity (Wildman–Crippen MR) is 148 cm³/mol. The number of hydrogen-bond acceptors (Lipinski definition) is 6. The first-order chi connectivity index (χ1) is 19.6. The first kappa shape index (κ1) is 31.6. The number of hydrogen-bond donors (Lipinski definition) is 2. The first-order valence-electron chi connectivity index (χ1n) is 13.7. The summed E-state index contributed by atoms with van der Waals surface area (Å²) in [5.41, 5.74) is -0.739. The Bertz CT molecular complexity index is 1440. The molecule has 0 bridgehead atoms. The Hall–Kier alpha value is -3.32. The van der Waals surface area contributed by atoms with Crippen LogP contribution in [0.25, 0.3) is 11.1 Å². The van der Waals surface area contributed by atoms with Gasteiger partial charge in [-0.25, -0.2) is 31.1 Å². The molecular formula is C29H35F3N2O7S. The number of para-hydroxylation sites is 1. The van der Waals surface area contributed by atoms with E-state index in [4.69, 9.17) is 14.6 Å². The molecule has 1 saturated heterocycles. The number of nitrogens with one attached hydrogen (secondary N) is 1. The number of piperidine rings is 1. The number of carboxylic acid groups (broad SMARTS) is 1. The fourth-order valence-electron chi connectivity index (χ4n) is 4.94. The number of sulfonamides is 1. The maximum atomic E-state index is 16.1. The molecule has 2 aromatic carbocycles. The van der Waals surface area contributed by atoms with Gasteiger partial charge in [-0.2, -0.15) is 0 Å². The van der Waals surface area contributed by atoms with E-state index in [1.807, 2.05) is 0 Å². The van der Waals surface area contributed by atoms with Crippen LogP contribution in [0.1, 0.15) is 58.4 Å². The third-order valence-electron chi connectivity index (χ3n) is 7.17. The van der Waals surface area contributed by atoms with Gasteiger partial charge < -0.3 is 19.5 Å². The van der Waals surface area contributed by atoms with Gasteiger partial charge >= 0.3 is 12.1 Å². The summed E-state index contributed by atoms with van der Waals surface area (Å²) < 4.78 is 84.5. The zero-order valence-electron chi connectivity index (χ0n) is 23.7. The number of carbonyl (C=O) groups excluding carboxylic acids is 1. The van der Waals surface area contributed by atoms with Gasteiger partial charge in [-0.15, -0.1) is 0 Å². The van der Waals surface area contributed by atoms with Crippen LogP contribution in [0.15, 0.2) is 36.4 Å². The zero-order chi connectivity index (χ0) is 30.9. The molecule has 0 aromatic heterocycles. The van der Waals surface area contributed by atoms with E-state index in [0.717, 1.165) is 6.07 Å². The van der Waals surface area contributed by atoms with Gasteiger partial charge in [-0.3, -0.25) is 4.79 Å². The first-order valence-corrected chi connectivity index (χ1v) is 15.2. The lowest BCUT2D eigenvalue weighted by molar-refractivity contribution is -0.137. The quantitative estimate of drug-likeness (QED) is 0.379. The number of ether oxygens (including phenoxy) is 2. The molecule has 1 aliphatic heterocycles. The molecule has 1 aliphatic carbocycles. The van der Waals surface area contributed by atoms with Crippen LogP contribution in [0.5, 0.6) is 5.75 Å². The van der Waals surface area contributed by atoms with Crippen molar-refractivity contribution in [1.29, 1.82) is 0 Å². The number of amides is 1. The van der Waals surface area contributed by atoms with Crippen molar-refractivity contribution in [2.75, 3.05) is 13.2 Å². The molecule has 0 unspecified atom stereocenters. The number of benzene rings is 2. The minimum atomic E-state index is -4.37. The summed E-state index contributed by atoms with van der Waals surface area (Å²) in [5, 5.41) is 6.54. The molecule has 42 heavy (non-hydrogen) atoms. The number of carbonyl (C=O) groups is 2. The van der Waals surface area contributed by atoms with E-state index in [1.165, 1.54) is 35.2 Å². The molecule has 2 aliphatic rings. The molecule has 230 valence electrons. The van der Waals surface area contributed by atoms with Crippen molar-refractivity contribution in [1.82, 2.24) is 9.62 Å². The summed E-state index contributed by atoms with van der Waals surface area (Å²) in [6, 6.07) is 6.46. The van der Waals surface area contributed by atoms with Gasteiger partial charge in [-0.05, 0) is 51.7 Å². The highest BCUT2D eigenvalue weighted by Gasteiger charge is 2.57. The minimum Gasteiger partial charge on any atom is -0.489 e. The summed E-state index contributed by atoms with van der Waals surface area (Å²) in [7, 11) is -4.37. The van der Waals surface area contributed by atoms with Crippen LogP contribution in [0.3, 0.4) is 0 Å². The molecule has 9 nitrogen and oxygen atoms in total. The second-order valence-electron chi connectivity index (χ2n) is 11.6. The molecular weight excluding hydrogens is 577 g/mol. The van der Waals surface area contributed by atoms with E-state index in [9.17, 15) is 26.8 Å². The standard InChI is InChI=1S/C29H35F3N2O7S/c1-28(2,3)41-27(37)34-15-6-11-22(33-42(38,39)29(32)13-14-29)23(34)17-18-7-4-8-19(25(18)31)20-9-5-10-21(30)26(20)40-16-12-24(35)36/h4-5,7-10,22-23,33H,6,11-17H2,1-3H3,(H,35,36)/t22-,23-/m0/s1. The zero-order valence-corrected chi connectivity index (χ0v) is 24.5. The van der Waals surface area contributed by atoms with Gasteiger partial charge in [0.25, 0.3) is 0 Å². The average Bonchev–Trinajstić information content (AvgIpc) is 3.65. The Kier molecular flexibility index (Phi) is 9.12. The SMILES string of the molecule is CC(C)(C)OC(=O)N1CCC[C@H](NS(=O)(=O)C2(F)CC2)[C@@H]1Cc1cccc(-c2cccc(F)c2OCCC(=O)O)c1F. The summed E-state index contributed by atoms with van der Waals surface area (Å²) in [6.07, 6.45) is -0.829. The maximum Gasteiger partial charge on any atom is 0.410 e. The second kappa shape index (κ2) is 12.1. The van der Waals surface area contributed by atoms with Crippen LogP contribution < -0.4 is 9.46 Å². The highest BCUT2D eigenvalue weighted by atomic mass is 32.2. The van der Waals surface area contributed by atoms with E-state index in [1.54, 1.807) is 20.8 Å². The van der Waals surface area contributed by atoms with Crippen molar-refractivity contribution in [2.24, 2.45) is 0 Å². The molecule has 2 aromatic rings. The lowest BCUT2D eigenvalue weighted by Gasteiger charge is -2.42. The van der Waals surface area contributed by atoms with Gasteiger partial charge in [0, 0.05) is 36.6 Å². The third-order valence-corrected chi connectivity index (χ3v) is 9.15. The fraction of sp³-hybridized carbons (Fsp3) is 0.517. The normalized spacial score (nSPS) is 20.2. The Balaban J connectivity index is 1.69. The molecule has 13 heteroatoms. The third kappa shape index (κ3) is 7.17. The van der Waals surface area contributed by atoms with Crippen molar-refractivity contribution in [3.63, 3.8) is 0 Å².